The number of piperidine rings is 1. The molecule has 9 nitrogen and oxygen atoms in total. The molecule has 0 amide bonds. The Hall–Kier alpha value is -2.30. The van der Waals surface area contributed by atoms with E-state index in [1.165, 1.54) is 20.0 Å². The Labute approximate surface area is 274 Å². The van der Waals surface area contributed by atoms with Gasteiger partial charge in [0, 0.05) is 48.9 Å². The SMILES string of the molecule is CO[C@H]1C[C@H]2C=CC3C4C(O)[C@@H](C)[C@@H](OC(=O)C5=CC=CC5)[C@@H]3O[C@]42/C(C)=C/[C@@H](C)C(C(C)OCCC2CCN(C)CC2)OC1=O. The standard InChI is InChI=1S/C37H53NO8/c1-21-19-22(2)37-27(20-29(42-6)36(41)44-32(21)24(4)43-18-15-25-13-16-38(5)17-14-25)11-12-28-30(37)31(39)23(3)33(34(28)46-37)45-35(40)26-9-7-8-10-26/h7-9,11-12,19,21,23-25,27-34,39H,10,13-18,20H2,1-6H3/b22-19+/t21-,23-,24?,27-,28?,29+,30?,31?,32?,33-,34-,37+/m1/s1. The van der Waals surface area contributed by atoms with Crippen LogP contribution in [0.5, 0.6) is 0 Å². The van der Waals surface area contributed by atoms with Gasteiger partial charge in [-0.05, 0) is 77.6 Å². The Morgan fingerprint density at radius 2 is 1.98 bits per heavy atom. The van der Waals surface area contributed by atoms with E-state index in [0.29, 0.717) is 30.9 Å². The first-order chi connectivity index (χ1) is 22.0. The van der Waals surface area contributed by atoms with Crippen molar-refractivity contribution in [3.8, 4) is 0 Å². The molecule has 4 bridgehead atoms. The summed E-state index contributed by atoms with van der Waals surface area (Å²) in [5.74, 6) is -1.29. The fraction of sp³-hybridized carbons (Fsp3) is 0.730. The van der Waals surface area contributed by atoms with E-state index in [4.69, 9.17) is 23.7 Å². The molecule has 6 aliphatic rings. The third kappa shape index (κ3) is 6.07. The molecule has 1 saturated carbocycles. The molecule has 6 rings (SSSR count). The number of carbonyl (C=O) groups excluding carboxylic acids is 2. The van der Waals surface area contributed by atoms with Crippen LogP contribution < -0.4 is 0 Å². The smallest absolute Gasteiger partial charge is 0.335 e. The molecule has 1 spiro atoms. The quantitative estimate of drug-likeness (QED) is 0.306. The van der Waals surface area contributed by atoms with E-state index in [2.05, 4.69) is 44.0 Å². The minimum absolute atomic E-state index is 0.136. The molecule has 0 radical (unpaired) electrons. The molecule has 3 heterocycles. The van der Waals surface area contributed by atoms with Crippen LogP contribution in [0.25, 0.3) is 0 Å². The van der Waals surface area contributed by atoms with Gasteiger partial charge in [-0.25, -0.2) is 9.59 Å². The largest absolute Gasteiger partial charge is 0.457 e. The van der Waals surface area contributed by atoms with Crippen molar-refractivity contribution in [2.75, 3.05) is 33.9 Å². The Kier molecular flexibility index (Phi) is 9.98. The Bertz CT molecular complexity index is 1270. The van der Waals surface area contributed by atoms with Crippen LogP contribution in [0.15, 0.2) is 47.6 Å². The fourth-order valence-corrected chi connectivity index (χ4v) is 9.15. The van der Waals surface area contributed by atoms with Gasteiger partial charge in [0.1, 0.15) is 23.9 Å². The zero-order valence-corrected chi connectivity index (χ0v) is 28.3. The first-order valence-corrected chi connectivity index (χ1v) is 17.4. The molecular weight excluding hydrogens is 586 g/mol. The van der Waals surface area contributed by atoms with Crippen LogP contribution >= 0.6 is 0 Å². The normalized spacial score (nSPS) is 42.9. The number of esters is 2. The molecule has 0 aromatic carbocycles. The summed E-state index contributed by atoms with van der Waals surface area (Å²) in [6.45, 7) is 10.9. The van der Waals surface area contributed by atoms with Crippen molar-refractivity contribution in [3.63, 3.8) is 0 Å². The summed E-state index contributed by atoms with van der Waals surface area (Å²) < 4.78 is 31.6. The lowest BCUT2D eigenvalue weighted by atomic mass is 9.57. The maximum atomic E-state index is 13.7. The predicted octanol–water partition coefficient (Wildman–Crippen LogP) is 4.40. The van der Waals surface area contributed by atoms with Gasteiger partial charge in [-0.15, -0.1) is 0 Å². The number of aliphatic hydroxyl groups excluding tert-OH is 1. The molecule has 46 heavy (non-hydrogen) atoms. The van der Waals surface area contributed by atoms with Crippen LogP contribution in [0.4, 0.5) is 0 Å². The van der Waals surface area contributed by atoms with Crippen molar-refractivity contribution in [2.45, 2.75) is 102 Å². The molecule has 254 valence electrons. The summed E-state index contributed by atoms with van der Waals surface area (Å²) in [7, 11) is 3.71. The Balaban J connectivity index is 1.26. The molecule has 3 aliphatic carbocycles. The molecule has 12 atom stereocenters. The predicted molar refractivity (Wildman–Crippen MR) is 173 cm³/mol. The highest BCUT2D eigenvalue weighted by Gasteiger charge is 2.69. The highest BCUT2D eigenvalue weighted by Crippen LogP contribution is 2.61. The molecule has 3 aliphatic heterocycles. The number of hydrogen-bond acceptors (Lipinski definition) is 9. The van der Waals surface area contributed by atoms with E-state index in [1.54, 1.807) is 6.08 Å². The molecule has 1 N–H and O–H groups in total. The van der Waals surface area contributed by atoms with Gasteiger partial charge in [0.25, 0.3) is 0 Å². The van der Waals surface area contributed by atoms with Crippen molar-refractivity contribution >= 4 is 11.9 Å². The Morgan fingerprint density at radius 3 is 2.67 bits per heavy atom. The van der Waals surface area contributed by atoms with Crippen LogP contribution in [0.3, 0.4) is 0 Å². The summed E-state index contributed by atoms with van der Waals surface area (Å²) in [6, 6.07) is 0. The van der Waals surface area contributed by atoms with E-state index < -0.39 is 42.1 Å². The van der Waals surface area contributed by atoms with Crippen LogP contribution in [0.1, 0.15) is 59.8 Å². The number of nitrogens with zero attached hydrogens (tertiary/aromatic N) is 1. The van der Waals surface area contributed by atoms with Crippen LogP contribution in [-0.4, -0.2) is 98.0 Å². The van der Waals surface area contributed by atoms with E-state index in [-0.39, 0.29) is 41.7 Å². The second-order valence-electron chi connectivity index (χ2n) is 14.7. The maximum Gasteiger partial charge on any atom is 0.335 e. The summed E-state index contributed by atoms with van der Waals surface area (Å²) in [6.07, 6.45) is 12.7. The molecule has 0 aromatic heterocycles. The topological polar surface area (TPSA) is 104 Å². The zero-order chi connectivity index (χ0) is 32.7. The van der Waals surface area contributed by atoms with E-state index >= 15 is 0 Å². The second kappa shape index (κ2) is 13.7. The van der Waals surface area contributed by atoms with Crippen molar-refractivity contribution in [2.24, 2.45) is 35.5 Å². The number of allylic oxidation sites excluding steroid dienone is 3. The minimum atomic E-state index is -0.890. The number of aliphatic hydroxyl groups is 1. The first kappa shape index (κ1) is 33.6. The maximum absolute atomic E-state index is 13.7. The summed E-state index contributed by atoms with van der Waals surface area (Å²) in [5.41, 5.74) is 0.706. The van der Waals surface area contributed by atoms with Gasteiger partial charge in [-0.3, -0.25) is 0 Å². The van der Waals surface area contributed by atoms with E-state index in [0.717, 1.165) is 25.1 Å². The van der Waals surface area contributed by atoms with Gasteiger partial charge in [0.05, 0.1) is 12.2 Å². The zero-order valence-electron chi connectivity index (χ0n) is 28.3. The molecule has 9 heteroatoms. The third-order valence-corrected chi connectivity index (χ3v) is 11.9. The first-order valence-electron chi connectivity index (χ1n) is 17.4. The van der Waals surface area contributed by atoms with Crippen molar-refractivity contribution in [3.05, 3.63) is 47.6 Å². The minimum Gasteiger partial charge on any atom is -0.457 e. The van der Waals surface area contributed by atoms with Gasteiger partial charge in [0.15, 0.2) is 6.10 Å². The highest BCUT2D eigenvalue weighted by atomic mass is 16.6. The number of cyclic esters (lactones) is 1. The molecule has 2 saturated heterocycles. The summed E-state index contributed by atoms with van der Waals surface area (Å²) >= 11 is 0. The average Bonchev–Trinajstić information content (AvgIpc) is 3.64. The van der Waals surface area contributed by atoms with Gasteiger partial charge in [0.2, 0.25) is 0 Å². The van der Waals surface area contributed by atoms with Gasteiger partial charge in [-0.1, -0.05) is 50.3 Å². The lowest BCUT2D eigenvalue weighted by Crippen LogP contribution is -2.57. The van der Waals surface area contributed by atoms with Crippen LogP contribution in [0.2, 0.25) is 0 Å². The highest BCUT2D eigenvalue weighted by molar-refractivity contribution is 5.90. The average molecular weight is 640 g/mol. The fourth-order valence-electron chi connectivity index (χ4n) is 9.15. The van der Waals surface area contributed by atoms with Gasteiger partial charge in [-0.2, -0.15) is 0 Å². The lowest BCUT2D eigenvalue weighted by molar-refractivity contribution is -0.175. The van der Waals surface area contributed by atoms with Crippen LogP contribution in [-0.2, 0) is 33.3 Å². The molecular formula is C37H53NO8. The lowest BCUT2D eigenvalue weighted by Gasteiger charge is -2.49. The number of rotatable bonds is 8. The van der Waals surface area contributed by atoms with Crippen molar-refractivity contribution in [1.82, 2.24) is 4.90 Å². The van der Waals surface area contributed by atoms with E-state index in [1.807, 2.05) is 26.0 Å². The summed E-state index contributed by atoms with van der Waals surface area (Å²) in [5, 5.41) is 12.0. The number of methoxy groups -OCH3 is 1. The van der Waals surface area contributed by atoms with Crippen molar-refractivity contribution in [1.29, 1.82) is 0 Å². The number of hydrogen-bond donors (Lipinski definition) is 1. The molecule has 3 fully saturated rings. The number of carbonyl (C=O) groups is 2. The second-order valence-corrected chi connectivity index (χ2v) is 14.7. The third-order valence-electron chi connectivity index (χ3n) is 11.9. The van der Waals surface area contributed by atoms with Crippen LogP contribution in [0, 0.1) is 35.5 Å². The van der Waals surface area contributed by atoms with Crippen molar-refractivity contribution < 1.29 is 38.4 Å². The summed E-state index contributed by atoms with van der Waals surface area (Å²) in [4.78, 5) is 29.2. The molecule has 0 aromatic rings. The van der Waals surface area contributed by atoms with E-state index in [9.17, 15) is 14.7 Å². The Morgan fingerprint density at radius 1 is 1.22 bits per heavy atom. The van der Waals surface area contributed by atoms with Gasteiger partial charge >= 0.3 is 11.9 Å². The monoisotopic (exact) mass is 639 g/mol. The number of ether oxygens (including phenoxy) is 5. The number of likely N-dealkylation sites (tertiary alicyclic amines) is 1. The molecule has 5 unspecified atom stereocenters. The van der Waals surface area contributed by atoms with Gasteiger partial charge < -0.3 is 33.7 Å².